The van der Waals surface area contributed by atoms with Crippen LogP contribution in [0.3, 0.4) is 0 Å². The average Bonchev–Trinajstić information content (AvgIpc) is 2.85. The SMILES string of the molecule is CN(Cc1ccc(Cl)cc1)C(=O)c1n[nH]c2c(CCCO)cc(CC3CCOCC3)cc2c1=O. The molecule has 0 bridgehead atoms. The highest BCUT2D eigenvalue weighted by atomic mass is 35.5. The quantitative estimate of drug-likeness (QED) is 0.509. The number of aryl methyl sites for hydroxylation is 1. The Morgan fingerprint density at radius 2 is 1.94 bits per heavy atom. The first-order valence-corrected chi connectivity index (χ1v) is 12.1. The Morgan fingerprint density at radius 3 is 2.65 bits per heavy atom. The molecule has 1 aliphatic heterocycles. The summed E-state index contributed by atoms with van der Waals surface area (Å²) < 4.78 is 5.48. The number of aromatic nitrogens is 2. The van der Waals surface area contributed by atoms with Gasteiger partial charge in [0, 0.05) is 38.4 Å². The maximum atomic E-state index is 13.4. The molecule has 3 aromatic rings. The Labute approximate surface area is 203 Å². The molecular formula is C26H30ClN3O4. The van der Waals surface area contributed by atoms with Crippen molar-refractivity contribution in [3.8, 4) is 0 Å². The number of carbonyl (C=O) groups excluding carboxylic acids is 1. The van der Waals surface area contributed by atoms with Crippen LogP contribution in [0.15, 0.2) is 41.2 Å². The van der Waals surface area contributed by atoms with Crippen molar-refractivity contribution in [2.24, 2.45) is 5.92 Å². The summed E-state index contributed by atoms with van der Waals surface area (Å²) in [7, 11) is 1.65. The number of halogens is 1. The molecule has 1 aromatic heterocycles. The van der Waals surface area contributed by atoms with Gasteiger partial charge in [0.2, 0.25) is 5.43 Å². The van der Waals surface area contributed by atoms with E-state index in [4.69, 9.17) is 16.3 Å². The van der Waals surface area contributed by atoms with Crippen molar-refractivity contribution < 1.29 is 14.6 Å². The topological polar surface area (TPSA) is 95.5 Å². The summed E-state index contributed by atoms with van der Waals surface area (Å²) in [4.78, 5) is 28.0. The zero-order valence-corrected chi connectivity index (χ0v) is 20.1. The highest BCUT2D eigenvalue weighted by molar-refractivity contribution is 6.30. The van der Waals surface area contributed by atoms with E-state index < -0.39 is 5.91 Å². The zero-order valence-electron chi connectivity index (χ0n) is 19.3. The van der Waals surface area contributed by atoms with Gasteiger partial charge in [0.05, 0.1) is 10.9 Å². The summed E-state index contributed by atoms with van der Waals surface area (Å²) in [5, 5.41) is 17.6. The van der Waals surface area contributed by atoms with Gasteiger partial charge in [-0.3, -0.25) is 14.7 Å². The molecule has 0 unspecified atom stereocenters. The van der Waals surface area contributed by atoms with Crippen molar-refractivity contribution in [2.75, 3.05) is 26.9 Å². The normalized spacial score (nSPS) is 14.4. The number of hydrogen-bond donors (Lipinski definition) is 2. The third-order valence-electron chi connectivity index (χ3n) is 6.37. The van der Waals surface area contributed by atoms with Crippen LogP contribution in [-0.4, -0.2) is 53.0 Å². The van der Waals surface area contributed by atoms with Gasteiger partial charge in [-0.05, 0) is 72.9 Å². The van der Waals surface area contributed by atoms with Crippen LogP contribution in [0, 0.1) is 5.92 Å². The van der Waals surface area contributed by atoms with Crippen LogP contribution in [-0.2, 0) is 24.1 Å². The fourth-order valence-corrected chi connectivity index (χ4v) is 4.62. The molecule has 8 heteroatoms. The van der Waals surface area contributed by atoms with Crippen LogP contribution in [0.2, 0.25) is 5.02 Å². The molecule has 0 saturated carbocycles. The fourth-order valence-electron chi connectivity index (χ4n) is 4.50. The lowest BCUT2D eigenvalue weighted by Crippen LogP contribution is -2.32. The summed E-state index contributed by atoms with van der Waals surface area (Å²) >= 11 is 5.95. The number of aliphatic hydroxyl groups is 1. The van der Waals surface area contributed by atoms with Crippen LogP contribution >= 0.6 is 11.6 Å². The number of ether oxygens (including phenoxy) is 1. The van der Waals surface area contributed by atoms with Crippen molar-refractivity contribution in [3.63, 3.8) is 0 Å². The molecule has 1 fully saturated rings. The third kappa shape index (κ3) is 5.66. The lowest BCUT2D eigenvalue weighted by molar-refractivity contribution is 0.0665. The number of nitrogens with zero attached hydrogens (tertiary/aromatic N) is 2. The monoisotopic (exact) mass is 483 g/mol. The Kier molecular flexibility index (Phi) is 7.98. The van der Waals surface area contributed by atoms with Crippen molar-refractivity contribution >= 4 is 28.4 Å². The van der Waals surface area contributed by atoms with Crippen LogP contribution in [0.4, 0.5) is 0 Å². The smallest absolute Gasteiger partial charge is 0.278 e. The first-order chi connectivity index (χ1) is 16.5. The summed E-state index contributed by atoms with van der Waals surface area (Å²) in [6.45, 7) is 1.92. The number of hydrogen-bond acceptors (Lipinski definition) is 5. The van der Waals surface area contributed by atoms with Gasteiger partial charge in [0.25, 0.3) is 5.91 Å². The lowest BCUT2D eigenvalue weighted by atomic mass is 9.90. The van der Waals surface area contributed by atoms with E-state index in [0.29, 0.717) is 41.2 Å². The number of rotatable bonds is 8. The Bertz CT molecular complexity index is 1200. The zero-order chi connectivity index (χ0) is 24.1. The summed E-state index contributed by atoms with van der Waals surface area (Å²) in [6.07, 6.45) is 4.05. The molecule has 2 aromatic carbocycles. The van der Waals surface area contributed by atoms with E-state index in [1.54, 1.807) is 19.2 Å². The molecule has 7 nitrogen and oxygen atoms in total. The minimum atomic E-state index is -0.440. The van der Waals surface area contributed by atoms with Gasteiger partial charge in [-0.2, -0.15) is 5.10 Å². The van der Waals surface area contributed by atoms with E-state index in [9.17, 15) is 14.7 Å². The number of aliphatic hydroxyl groups excluding tert-OH is 1. The Morgan fingerprint density at radius 1 is 1.21 bits per heavy atom. The molecule has 34 heavy (non-hydrogen) atoms. The number of carbonyl (C=O) groups is 1. The molecule has 1 saturated heterocycles. The highest BCUT2D eigenvalue weighted by Gasteiger charge is 2.22. The Balaban J connectivity index is 1.66. The molecule has 180 valence electrons. The van der Waals surface area contributed by atoms with E-state index in [2.05, 4.69) is 16.3 Å². The predicted molar refractivity (Wildman–Crippen MR) is 132 cm³/mol. The molecular weight excluding hydrogens is 454 g/mol. The van der Waals surface area contributed by atoms with E-state index in [0.717, 1.165) is 49.2 Å². The number of nitrogens with one attached hydrogen (secondary N) is 1. The number of benzene rings is 2. The van der Waals surface area contributed by atoms with Crippen molar-refractivity contribution in [1.82, 2.24) is 15.1 Å². The highest BCUT2D eigenvalue weighted by Crippen LogP contribution is 2.24. The van der Waals surface area contributed by atoms with Gasteiger partial charge in [-0.1, -0.05) is 29.8 Å². The summed E-state index contributed by atoms with van der Waals surface area (Å²) in [6, 6.07) is 11.2. The van der Waals surface area contributed by atoms with E-state index in [1.165, 1.54) is 4.90 Å². The predicted octanol–water partition coefficient (Wildman–Crippen LogP) is 3.74. The second-order valence-corrected chi connectivity index (χ2v) is 9.39. The van der Waals surface area contributed by atoms with E-state index in [-0.39, 0.29) is 17.7 Å². The van der Waals surface area contributed by atoms with Crippen LogP contribution in [0.5, 0.6) is 0 Å². The van der Waals surface area contributed by atoms with E-state index >= 15 is 0 Å². The number of H-pyrrole nitrogens is 1. The van der Waals surface area contributed by atoms with Crippen molar-refractivity contribution in [3.05, 3.63) is 74.0 Å². The van der Waals surface area contributed by atoms with Crippen molar-refractivity contribution in [1.29, 1.82) is 0 Å². The average molecular weight is 484 g/mol. The lowest BCUT2D eigenvalue weighted by Gasteiger charge is -2.22. The maximum absolute atomic E-state index is 13.4. The molecule has 0 radical (unpaired) electrons. The largest absolute Gasteiger partial charge is 0.396 e. The molecule has 4 rings (SSSR count). The molecule has 0 spiro atoms. The second kappa shape index (κ2) is 11.1. The van der Waals surface area contributed by atoms with Gasteiger partial charge < -0.3 is 14.7 Å². The van der Waals surface area contributed by atoms with Crippen molar-refractivity contribution in [2.45, 2.75) is 38.6 Å². The minimum absolute atomic E-state index is 0.0649. The summed E-state index contributed by atoms with van der Waals surface area (Å²) in [5.41, 5.74) is 3.04. The van der Waals surface area contributed by atoms with Gasteiger partial charge >= 0.3 is 0 Å². The Hall–Kier alpha value is -2.74. The molecule has 1 amide bonds. The van der Waals surface area contributed by atoms with Gasteiger partial charge in [0.1, 0.15) is 0 Å². The third-order valence-corrected chi connectivity index (χ3v) is 6.62. The minimum Gasteiger partial charge on any atom is -0.396 e. The first-order valence-electron chi connectivity index (χ1n) is 11.7. The summed E-state index contributed by atoms with van der Waals surface area (Å²) in [5.74, 6) is 0.0641. The molecule has 0 atom stereocenters. The second-order valence-electron chi connectivity index (χ2n) is 8.95. The first kappa shape index (κ1) is 24.4. The van der Waals surface area contributed by atoms with Gasteiger partial charge in [-0.25, -0.2) is 0 Å². The molecule has 0 aliphatic carbocycles. The van der Waals surface area contributed by atoms with Crippen LogP contribution < -0.4 is 5.43 Å². The number of amides is 1. The molecule has 1 aliphatic rings. The molecule has 2 heterocycles. The fraction of sp³-hybridized carbons (Fsp3) is 0.423. The number of fused-ring (bicyclic) bond motifs is 1. The van der Waals surface area contributed by atoms with Gasteiger partial charge in [0.15, 0.2) is 5.69 Å². The van der Waals surface area contributed by atoms with Crippen LogP contribution in [0.1, 0.15) is 46.4 Å². The van der Waals surface area contributed by atoms with E-state index in [1.807, 2.05) is 18.2 Å². The number of aromatic amines is 1. The maximum Gasteiger partial charge on any atom is 0.278 e. The van der Waals surface area contributed by atoms with Crippen LogP contribution in [0.25, 0.3) is 10.9 Å². The molecule has 2 N–H and O–H groups in total. The van der Waals surface area contributed by atoms with Gasteiger partial charge in [-0.15, -0.1) is 0 Å². The standard InChI is InChI=1S/C26H30ClN3O4/c1-30(16-18-4-6-21(27)7-5-18)26(33)24-25(32)22-15-19(13-17-8-11-34-12-9-17)14-20(3-2-10-31)23(22)28-29-24/h4-7,14-15,17,31H,2-3,8-13,16H2,1H3,(H,28,32).